The van der Waals surface area contributed by atoms with Crippen molar-refractivity contribution in [2.24, 2.45) is 0 Å². The highest BCUT2D eigenvalue weighted by Crippen LogP contribution is 2.20. The summed E-state index contributed by atoms with van der Waals surface area (Å²) < 4.78 is 0. The predicted molar refractivity (Wildman–Crippen MR) is 90.2 cm³/mol. The molecule has 2 N–H and O–H groups in total. The standard InChI is InChI=1S/C18H14ClNO3/c19-16-12-13(7-11-18(22)20-23)6-8-14(16)9-10-17(21)15-4-2-1-3-5-15/h1-12,23H,(H,20,22). The maximum Gasteiger partial charge on any atom is 0.267 e. The lowest BCUT2D eigenvalue weighted by molar-refractivity contribution is -0.124. The molecule has 0 saturated heterocycles. The summed E-state index contributed by atoms with van der Waals surface area (Å²) >= 11 is 6.16. The van der Waals surface area contributed by atoms with E-state index in [2.05, 4.69) is 0 Å². The number of benzene rings is 2. The first kappa shape index (κ1) is 16.7. The Labute approximate surface area is 138 Å². The number of halogens is 1. The number of nitrogens with one attached hydrogen (secondary N) is 1. The van der Waals surface area contributed by atoms with Gasteiger partial charge in [0, 0.05) is 16.7 Å². The summed E-state index contributed by atoms with van der Waals surface area (Å²) in [6.45, 7) is 0. The fraction of sp³-hybridized carbons (Fsp3) is 0. The molecule has 0 saturated carbocycles. The van der Waals surface area contributed by atoms with E-state index < -0.39 is 5.91 Å². The summed E-state index contributed by atoms with van der Waals surface area (Å²) in [5.41, 5.74) is 3.50. The molecule has 0 aliphatic heterocycles. The summed E-state index contributed by atoms with van der Waals surface area (Å²) in [7, 11) is 0. The van der Waals surface area contributed by atoms with Gasteiger partial charge in [0.25, 0.3) is 5.91 Å². The van der Waals surface area contributed by atoms with Crippen molar-refractivity contribution in [3.8, 4) is 0 Å². The Kier molecular flexibility index (Phi) is 5.86. The van der Waals surface area contributed by atoms with Gasteiger partial charge in [0.1, 0.15) is 0 Å². The van der Waals surface area contributed by atoms with Gasteiger partial charge in [-0.15, -0.1) is 0 Å². The fourth-order valence-electron chi connectivity index (χ4n) is 1.86. The largest absolute Gasteiger partial charge is 0.289 e. The third kappa shape index (κ3) is 4.92. The van der Waals surface area contributed by atoms with E-state index in [1.165, 1.54) is 23.7 Å². The van der Waals surface area contributed by atoms with Gasteiger partial charge in [0.2, 0.25) is 0 Å². The van der Waals surface area contributed by atoms with Crippen LogP contribution in [0.2, 0.25) is 5.02 Å². The zero-order valence-corrected chi connectivity index (χ0v) is 12.8. The van der Waals surface area contributed by atoms with Crippen molar-refractivity contribution in [1.29, 1.82) is 0 Å². The van der Waals surface area contributed by atoms with Crippen LogP contribution in [0.1, 0.15) is 21.5 Å². The van der Waals surface area contributed by atoms with Crippen LogP contribution in [0.3, 0.4) is 0 Å². The first-order chi connectivity index (χ1) is 11.1. The van der Waals surface area contributed by atoms with Gasteiger partial charge in [0.05, 0.1) is 0 Å². The Balaban J connectivity index is 2.12. The molecule has 2 rings (SSSR count). The second-order valence-corrected chi connectivity index (χ2v) is 5.06. The highest BCUT2D eigenvalue weighted by atomic mass is 35.5. The average Bonchev–Trinajstić information content (AvgIpc) is 2.59. The van der Waals surface area contributed by atoms with Crippen LogP contribution in [0.15, 0.2) is 60.7 Å². The Morgan fingerprint density at radius 1 is 1.00 bits per heavy atom. The van der Waals surface area contributed by atoms with Crippen LogP contribution < -0.4 is 5.48 Å². The third-order valence-corrected chi connectivity index (χ3v) is 3.36. The molecule has 5 heteroatoms. The topological polar surface area (TPSA) is 66.4 Å². The zero-order chi connectivity index (χ0) is 16.7. The van der Waals surface area contributed by atoms with Crippen LogP contribution in [-0.2, 0) is 4.79 Å². The van der Waals surface area contributed by atoms with E-state index in [1.54, 1.807) is 48.5 Å². The predicted octanol–water partition coefficient (Wildman–Crippen LogP) is 3.75. The van der Waals surface area contributed by atoms with Gasteiger partial charge in [0.15, 0.2) is 5.78 Å². The summed E-state index contributed by atoms with van der Waals surface area (Å²) in [5.74, 6) is -0.733. The first-order valence-corrected chi connectivity index (χ1v) is 7.17. The first-order valence-electron chi connectivity index (χ1n) is 6.79. The monoisotopic (exact) mass is 327 g/mol. The highest BCUT2D eigenvalue weighted by molar-refractivity contribution is 6.32. The van der Waals surface area contributed by atoms with Crippen LogP contribution in [0.5, 0.6) is 0 Å². The number of amides is 1. The zero-order valence-electron chi connectivity index (χ0n) is 12.1. The third-order valence-electron chi connectivity index (χ3n) is 3.03. The van der Waals surface area contributed by atoms with Crippen molar-refractivity contribution >= 4 is 35.4 Å². The number of allylic oxidation sites excluding steroid dienone is 1. The average molecular weight is 328 g/mol. The Hall–Kier alpha value is -2.69. The molecule has 2 aromatic rings. The molecule has 0 aliphatic carbocycles. The highest BCUT2D eigenvalue weighted by Gasteiger charge is 2.02. The molecule has 1 amide bonds. The second kappa shape index (κ2) is 8.08. The smallest absolute Gasteiger partial charge is 0.267 e. The molecular formula is C18H14ClNO3. The van der Waals surface area contributed by atoms with Gasteiger partial charge in [-0.25, -0.2) is 5.48 Å². The molecular weight excluding hydrogens is 314 g/mol. The minimum absolute atomic E-state index is 0.106. The molecule has 0 unspecified atom stereocenters. The van der Waals surface area contributed by atoms with Gasteiger partial charge < -0.3 is 0 Å². The number of carbonyl (C=O) groups is 2. The Bertz CT molecular complexity index is 767. The van der Waals surface area contributed by atoms with Crippen molar-refractivity contribution < 1.29 is 14.8 Å². The van der Waals surface area contributed by atoms with E-state index in [0.29, 0.717) is 21.7 Å². The van der Waals surface area contributed by atoms with Crippen LogP contribution in [0.4, 0.5) is 0 Å². The summed E-state index contributed by atoms with van der Waals surface area (Å²) in [5, 5.41) is 8.86. The van der Waals surface area contributed by atoms with E-state index in [4.69, 9.17) is 16.8 Å². The number of ketones is 1. The molecule has 116 valence electrons. The maximum absolute atomic E-state index is 12.0. The lowest BCUT2D eigenvalue weighted by Gasteiger charge is -2.01. The molecule has 0 radical (unpaired) electrons. The molecule has 0 heterocycles. The summed E-state index contributed by atoms with van der Waals surface area (Å²) in [6, 6.07) is 14.1. The molecule has 4 nitrogen and oxygen atoms in total. The van der Waals surface area contributed by atoms with Crippen molar-refractivity contribution in [2.75, 3.05) is 0 Å². The second-order valence-electron chi connectivity index (χ2n) is 4.65. The van der Waals surface area contributed by atoms with Crippen LogP contribution >= 0.6 is 11.6 Å². The Morgan fingerprint density at radius 3 is 2.39 bits per heavy atom. The van der Waals surface area contributed by atoms with Crippen molar-refractivity contribution in [3.05, 3.63) is 82.4 Å². The normalized spacial score (nSPS) is 11.0. The fourth-order valence-corrected chi connectivity index (χ4v) is 2.11. The maximum atomic E-state index is 12.0. The number of hydrogen-bond acceptors (Lipinski definition) is 3. The SMILES string of the molecule is O=C(C=Cc1ccc(C=CC(=O)c2ccccc2)c(Cl)c1)NO. The molecule has 0 bridgehead atoms. The van der Waals surface area contributed by atoms with Crippen LogP contribution in [0.25, 0.3) is 12.2 Å². The Morgan fingerprint density at radius 2 is 1.74 bits per heavy atom. The minimum atomic E-state index is -0.626. The number of hydroxylamine groups is 1. The summed E-state index contributed by atoms with van der Waals surface area (Å²) in [4.78, 5) is 22.9. The molecule has 0 spiro atoms. The number of rotatable bonds is 5. The number of carbonyl (C=O) groups excluding carboxylic acids is 2. The summed E-state index contributed by atoms with van der Waals surface area (Å²) in [6.07, 6.45) is 5.80. The molecule has 0 aliphatic rings. The van der Waals surface area contributed by atoms with Crippen LogP contribution in [0, 0.1) is 0 Å². The molecule has 2 aromatic carbocycles. The van der Waals surface area contributed by atoms with E-state index in [1.807, 2.05) is 6.07 Å². The van der Waals surface area contributed by atoms with E-state index >= 15 is 0 Å². The molecule has 0 fully saturated rings. The van der Waals surface area contributed by atoms with E-state index in [-0.39, 0.29) is 5.78 Å². The van der Waals surface area contributed by atoms with Gasteiger partial charge >= 0.3 is 0 Å². The van der Waals surface area contributed by atoms with Crippen LogP contribution in [-0.4, -0.2) is 16.9 Å². The van der Waals surface area contributed by atoms with E-state index in [9.17, 15) is 9.59 Å². The lowest BCUT2D eigenvalue weighted by Crippen LogP contribution is -2.14. The quantitative estimate of drug-likeness (QED) is 0.380. The van der Waals surface area contributed by atoms with E-state index in [0.717, 1.165) is 0 Å². The molecule has 0 aromatic heterocycles. The molecule has 23 heavy (non-hydrogen) atoms. The minimum Gasteiger partial charge on any atom is -0.289 e. The van der Waals surface area contributed by atoms with Gasteiger partial charge in [-0.05, 0) is 35.4 Å². The van der Waals surface area contributed by atoms with Crippen molar-refractivity contribution in [1.82, 2.24) is 5.48 Å². The number of hydrogen-bond donors (Lipinski definition) is 2. The van der Waals surface area contributed by atoms with Gasteiger partial charge in [-0.3, -0.25) is 14.8 Å². The van der Waals surface area contributed by atoms with Gasteiger partial charge in [-0.2, -0.15) is 0 Å². The van der Waals surface area contributed by atoms with Crippen molar-refractivity contribution in [3.63, 3.8) is 0 Å². The lowest BCUT2D eigenvalue weighted by atomic mass is 10.1. The van der Waals surface area contributed by atoms with Gasteiger partial charge in [-0.1, -0.05) is 54.1 Å². The molecule has 0 atom stereocenters. The van der Waals surface area contributed by atoms with Crippen molar-refractivity contribution in [2.45, 2.75) is 0 Å².